The van der Waals surface area contributed by atoms with E-state index in [0.717, 1.165) is 10.5 Å². The van der Waals surface area contributed by atoms with Crippen LogP contribution in [0.4, 0.5) is 0 Å². The maximum absolute atomic E-state index is 10.5. The highest BCUT2D eigenvalue weighted by Crippen LogP contribution is 2.03. The summed E-state index contributed by atoms with van der Waals surface area (Å²) in [6.45, 7) is 4.13. The lowest BCUT2D eigenvalue weighted by molar-refractivity contribution is -0.901. The first-order valence-corrected chi connectivity index (χ1v) is 7.35. The molecule has 0 bridgehead atoms. The molecule has 0 atom stereocenters. The van der Waals surface area contributed by atoms with Gasteiger partial charge in [0.15, 0.2) is 0 Å². The third-order valence-corrected chi connectivity index (χ3v) is 3.01. The molecule has 0 fully saturated rings. The van der Waals surface area contributed by atoms with Gasteiger partial charge in [-0.1, -0.05) is 29.8 Å². The van der Waals surface area contributed by atoms with Gasteiger partial charge in [0.25, 0.3) is 0 Å². The summed E-state index contributed by atoms with van der Waals surface area (Å²) in [6.07, 6.45) is 0.371. The number of hydrogen-bond donors (Lipinski definition) is 4. The van der Waals surface area contributed by atoms with Crippen LogP contribution in [0.2, 0.25) is 0 Å². The second-order valence-electron chi connectivity index (χ2n) is 4.71. The van der Waals surface area contributed by atoms with E-state index in [-0.39, 0.29) is 24.9 Å². The van der Waals surface area contributed by atoms with Crippen molar-refractivity contribution in [3.8, 4) is 0 Å². The first-order chi connectivity index (χ1) is 10.0. The van der Waals surface area contributed by atoms with Gasteiger partial charge in [0, 0.05) is 11.5 Å². The van der Waals surface area contributed by atoms with Gasteiger partial charge in [0.1, 0.15) is 19.6 Å². The van der Waals surface area contributed by atoms with Crippen molar-refractivity contribution in [2.45, 2.75) is 13.3 Å². The van der Waals surface area contributed by atoms with Gasteiger partial charge in [-0.25, -0.2) is 0 Å². The Hall–Kier alpha value is -1.05. The summed E-state index contributed by atoms with van der Waals surface area (Å²) >= 11 is 4.45. The van der Waals surface area contributed by atoms with Crippen molar-refractivity contribution in [3.63, 3.8) is 0 Å². The molecule has 0 radical (unpaired) electrons. The highest BCUT2D eigenvalue weighted by atomic mass is 32.1. The molecule has 120 valence electrons. The SMILES string of the molecule is Cc1ccc(CC(=O)[S-])cc1.OCC[NH+](CCO)CCO. The zero-order valence-corrected chi connectivity index (χ0v) is 13.2. The lowest BCUT2D eigenvalue weighted by atomic mass is 10.1. The van der Waals surface area contributed by atoms with E-state index in [4.69, 9.17) is 15.3 Å². The molecule has 21 heavy (non-hydrogen) atoms. The lowest BCUT2D eigenvalue weighted by Crippen LogP contribution is -3.13. The van der Waals surface area contributed by atoms with Crippen molar-refractivity contribution >= 4 is 17.7 Å². The molecule has 1 rings (SSSR count). The average molecular weight is 315 g/mol. The smallest absolute Gasteiger partial charge is 0.101 e. The predicted octanol–water partition coefficient (Wildman–Crippen LogP) is -1.54. The average Bonchev–Trinajstić information content (AvgIpc) is 2.43. The van der Waals surface area contributed by atoms with E-state index < -0.39 is 0 Å². The van der Waals surface area contributed by atoms with E-state index in [0.29, 0.717) is 26.1 Å². The number of carbonyl (C=O) groups excluding carboxylic acids is 1. The van der Waals surface area contributed by atoms with Crippen LogP contribution >= 0.6 is 0 Å². The number of nitrogens with one attached hydrogen (secondary N) is 1. The molecule has 0 spiro atoms. The maximum atomic E-state index is 10.5. The standard InChI is InChI=1S/C9H10OS.C6H15NO3/c1-7-2-4-8(5-3-7)6-9(10)11;8-4-1-7(2-5-9)3-6-10/h2-5H,6H2,1H3,(H,10,11);8-10H,1-6H2. The molecule has 1 aromatic rings. The quantitative estimate of drug-likeness (QED) is 0.437. The number of benzene rings is 1. The van der Waals surface area contributed by atoms with Crippen molar-refractivity contribution in [1.29, 1.82) is 0 Å². The minimum atomic E-state index is -0.200. The summed E-state index contributed by atoms with van der Waals surface area (Å²) in [5.41, 5.74) is 2.20. The van der Waals surface area contributed by atoms with E-state index in [2.05, 4.69) is 12.6 Å². The Bertz CT molecular complexity index is 370. The molecule has 0 heterocycles. The Labute approximate surface area is 131 Å². The number of rotatable bonds is 8. The van der Waals surface area contributed by atoms with Crippen molar-refractivity contribution in [2.24, 2.45) is 0 Å². The normalized spacial score (nSPS) is 10.1. The second kappa shape index (κ2) is 12.7. The maximum Gasteiger partial charge on any atom is 0.101 e. The first-order valence-electron chi connectivity index (χ1n) is 6.95. The highest BCUT2D eigenvalue weighted by Gasteiger charge is 2.03. The van der Waals surface area contributed by atoms with Crippen LogP contribution in [0, 0.1) is 6.92 Å². The molecule has 0 saturated carbocycles. The van der Waals surface area contributed by atoms with Gasteiger partial charge in [-0.3, -0.25) is 0 Å². The van der Waals surface area contributed by atoms with Crippen LogP contribution in [0.3, 0.4) is 0 Å². The van der Waals surface area contributed by atoms with Crippen LogP contribution in [0.1, 0.15) is 11.1 Å². The van der Waals surface area contributed by atoms with Gasteiger partial charge >= 0.3 is 0 Å². The van der Waals surface area contributed by atoms with Gasteiger partial charge in [-0.2, -0.15) is 0 Å². The molecular weight excluding hydrogens is 290 g/mol. The summed E-state index contributed by atoms with van der Waals surface area (Å²) in [4.78, 5) is 11.5. The van der Waals surface area contributed by atoms with E-state index in [9.17, 15) is 4.79 Å². The molecular formula is C15H25NO4S. The molecule has 0 aliphatic carbocycles. The number of hydrogen-bond acceptors (Lipinski definition) is 5. The van der Waals surface area contributed by atoms with Crippen LogP contribution < -0.4 is 4.90 Å². The Kier molecular flexibility index (Phi) is 12.0. The van der Waals surface area contributed by atoms with Gasteiger partial charge in [0.2, 0.25) is 0 Å². The first kappa shape index (κ1) is 19.9. The van der Waals surface area contributed by atoms with Gasteiger partial charge in [-0.05, 0) is 12.5 Å². The topological polar surface area (TPSA) is 82.2 Å². The Morgan fingerprint density at radius 1 is 1.00 bits per heavy atom. The Morgan fingerprint density at radius 3 is 1.76 bits per heavy atom. The number of aliphatic hydroxyl groups excluding tert-OH is 3. The highest BCUT2D eigenvalue weighted by molar-refractivity contribution is 7.77. The molecule has 0 aliphatic rings. The lowest BCUT2D eigenvalue weighted by Gasteiger charge is -2.15. The molecule has 0 aromatic heterocycles. The van der Waals surface area contributed by atoms with Gasteiger partial charge in [0.05, 0.1) is 19.8 Å². The van der Waals surface area contributed by atoms with Crippen molar-refractivity contribution in [2.75, 3.05) is 39.5 Å². The van der Waals surface area contributed by atoms with Crippen molar-refractivity contribution in [3.05, 3.63) is 35.4 Å². The Balaban J connectivity index is 0.000000384. The summed E-state index contributed by atoms with van der Waals surface area (Å²) in [5.74, 6) is 0. The van der Waals surface area contributed by atoms with E-state index in [1.807, 2.05) is 31.2 Å². The monoisotopic (exact) mass is 315 g/mol. The molecule has 6 heteroatoms. The minimum Gasteiger partial charge on any atom is -0.742 e. The molecule has 1 aromatic carbocycles. The van der Waals surface area contributed by atoms with Crippen LogP contribution in [-0.2, 0) is 23.8 Å². The fourth-order valence-electron chi connectivity index (χ4n) is 1.72. The summed E-state index contributed by atoms with van der Waals surface area (Å²) < 4.78 is 0. The van der Waals surface area contributed by atoms with Crippen molar-refractivity contribution in [1.82, 2.24) is 0 Å². The third kappa shape index (κ3) is 11.3. The van der Waals surface area contributed by atoms with Gasteiger partial charge < -0.3 is 37.6 Å². The predicted molar refractivity (Wildman–Crippen MR) is 84.1 cm³/mol. The van der Waals surface area contributed by atoms with E-state index >= 15 is 0 Å². The molecule has 0 unspecified atom stereocenters. The fourth-order valence-corrected chi connectivity index (χ4v) is 1.89. The third-order valence-electron chi connectivity index (χ3n) is 2.87. The molecule has 4 N–H and O–H groups in total. The minimum absolute atomic E-state index is 0.106. The molecule has 0 aliphatic heterocycles. The number of quaternary nitrogens is 1. The largest absolute Gasteiger partial charge is 0.742 e. The summed E-state index contributed by atoms with van der Waals surface area (Å²) in [5, 5.41) is 25.3. The van der Waals surface area contributed by atoms with E-state index in [1.165, 1.54) is 5.56 Å². The number of aliphatic hydroxyl groups is 3. The van der Waals surface area contributed by atoms with Crippen molar-refractivity contribution < 1.29 is 25.0 Å². The van der Waals surface area contributed by atoms with Crippen LogP contribution in [-0.4, -0.2) is 59.9 Å². The fraction of sp³-hybridized carbons (Fsp3) is 0.533. The van der Waals surface area contributed by atoms with Crippen LogP contribution in [0.15, 0.2) is 24.3 Å². The van der Waals surface area contributed by atoms with Crippen LogP contribution in [0.5, 0.6) is 0 Å². The Morgan fingerprint density at radius 2 is 1.43 bits per heavy atom. The van der Waals surface area contributed by atoms with Crippen LogP contribution in [0.25, 0.3) is 0 Å². The molecule has 0 saturated heterocycles. The number of aryl methyl sites for hydroxylation is 1. The zero-order chi connectivity index (χ0) is 16.1. The van der Waals surface area contributed by atoms with E-state index in [1.54, 1.807) is 0 Å². The summed E-state index contributed by atoms with van der Waals surface area (Å²) in [7, 11) is 0. The number of carbonyl (C=O) groups is 1. The zero-order valence-electron chi connectivity index (χ0n) is 12.4. The second-order valence-corrected chi connectivity index (χ2v) is 5.16. The molecule has 5 nitrogen and oxygen atoms in total. The summed E-state index contributed by atoms with van der Waals surface area (Å²) in [6, 6.07) is 7.82. The van der Waals surface area contributed by atoms with Gasteiger partial charge in [-0.15, -0.1) is 0 Å². The molecule has 0 amide bonds.